The van der Waals surface area contributed by atoms with E-state index in [1.807, 2.05) is 17.7 Å². The molecule has 1 aliphatic rings. The molecule has 1 fully saturated rings. The molecular formula is C9H15N3. The molecule has 0 aliphatic heterocycles. The van der Waals surface area contributed by atoms with E-state index in [0.717, 1.165) is 24.0 Å². The van der Waals surface area contributed by atoms with Crippen molar-refractivity contribution in [1.29, 1.82) is 0 Å². The summed E-state index contributed by atoms with van der Waals surface area (Å²) in [5.41, 5.74) is 6.77. The molecule has 0 saturated heterocycles. The standard InChI is InChI=1S/C9H15N3/c1-7-6-9(10)12(11-7)5-4-8-2-3-8/h6,8H,2-5,10H2,1H3. The minimum absolute atomic E-state index is 0.799. The van der Waals surface area contributed by atoms with Crippen molar-refractivity contribution >= 4 is 5.82 Å². The summed E-state index contributed by atoms with van der Waals surface area (Å²) < 4.78 is 1.91. The predicted molar refractivity (Wildman–Crippen MR) is 48.7 cm³/mol. The van der Waals surface area contributed by atoms with Gasteiger partial charge in [-0.1, -0.05) is 12.8 Å². The van der Waals surface area contributed by atoms with Crippen molar-refractivity contribution in [3.05, 3.63) is 11.8 Å². The van der Waals surface area contributed by atoms with Crippen molar-refractivity contribution in [3.8, 4) is 0 Å². The van der Waals surface area contributed by atoms with Crippen molar-refractivity contribution in [3.63, 3.8) is 0 Å². The first-order valence-electron chi connectivity index (χ1n) is 4.55. The number of rotatable bonds is 3. The highest BCUT2D eigenvalue weighted by Gasteiger charge is 2.20. The topological polar surface area (TPSA) is 43.8 Å². The molecule has 2 N–H and O–H groups in total. The van der Waals surface area contributed by atoms with Crippen LogP contribution in [0.2, 0.25) is 0 Å². The maximum Gasteiger partial charge on any atom is 0.121 e. The van der Waals surface area contributed by atoms with Crippen LogP contribution in [-0.2, 0) is 6.54 Å². The fourth-order valence-corrected chi connectivity index (χ4v) is 1.46. The molecule has 2 rings (SSSR count). The summed E-state index contributed by atoms with van der Waals surface area (Å²) in [7, 11) is 0. The Balaban J connectivity index is 1.96. The average Bonchev–Trinajstić information content (AvgIpc) is 2.76. The SMILES string of the molecule is Cc1cc(N)n(CCC2CC2)n1. The molecular weight excluding hydrogens is 150 g/mol. The van der Waals surface area contributed by atoms with Gasteiger partial charge in [-0.2, -0.15) is 5.10 Å². The largest absolute Gasteiger partial charge is 0.384 e. The van der Waals surface area contributed by atoms with Crippen molar-refractivity contribution < 1.29 is 0 Å². The minimum Gasteiger partial charge on any atom is -0.384 e. The highest BCUT2D eigenvalue weighted by molar-refractivity contribution is 5.29. The molecule has 1 aromatic rings. The third kappa shape index (κ3) is 1.60. The van der Waals surface area contributed by atoms with Crippen LogP contribution < -0.4 is 5.73 Å². The second-order valence-corrected chi connectivity index (χ2v) is 3.67. The molecule has 1 aliphatic carbocycles. The minimum atomic E-state index is 0.799. The molecule has 0 radical (unpaired) electrons. The van der Waals surface area contributed by atoms with Crippen molar-refractivity contribution in [1.82, 2.24) is 9.78 Å². The number of nitrogens with zero attached hydrogens (tertiary/aromatic N) is 2. The van der Waals surface area contributed by atoms with Gasteiger partial charge < -0.3 is 5.73 Å². The second-order valence-electron chi connectivity index (χ2n) is 3.67. The quantitative estimate of drug-likeness (QED) is 0.738. The summed E-state index contributed by atoms with van der Waals surface area (Å²) in [5, 5.41) is 4.30. The Hall–Kier alpha value is -0.990. The number of hydrogen-bond donors (Lipinski definition) is 1. The van der Waals surface area contributed by atoms with E-state index in [1.165, 1.54) is 19.3 Å². The zero-order valence-corrected chi connectivity index (χ0v) is 7.45. The summed E-state index contributed by atoms with van der Waals surface area (Å²) in [4.78, 5) is 0. The molecule has 0 amide bonds. The van der Waals surface area contributed by atoms with E-state index < -0.39 is 0 Å². The molecule has 1 heterocycles. The van der Waals surface area contributed by atoms with E-state index in [2.05, 4.69) is 5.10 Å². The number of nitrogen functional groups attached to an aromatic ring is 1. The van der Waals surface area contributed by atoms with Gasteiger partial charge in [0, 0.05) is 12.6 Å². The molecule has 0 atom stereocenters. The zero-order chi connectivity index (χ0) is 8.55. The molecule has 66 valence electrons. The third-order valence-corrected chi connectivity index (χ3v) is 2.38. The van der Waals surface area contributed by atoms with E-state index in [-0.39, 0.29) is 0 Å². The number of hydrogen-bond acceptors (Lipinski definition) is 2. The molecule has 0 aromatic carbocycles. The molecule has 0 bridgehead atoms. The Bertz CT molecular complexity index is 273. The van der Waals surface area contributed by atoms with Gasteiger partial charge in [0.25, 0.3) is 0 Å². The van der Waals surface area contributed by atoms with Gasteiger partial charge in [-0.15, -0.1) is 0 Å². The van der Waals surface area contributed by atoms with Crippen molar-refractivity contribution in [2.75, 3.05) is 5.73 Å². The smallest absolute Gasteiger partial charge is 0.121 e. The Morgan fingerprint density at radius 1 is 1.67 bits per heavy atom. The number of aryl methyl sites for hydroxylation is 2. The van der Waals surface area contributed by atoms with Gasteiger partial charge in [-0.3, -0.25) is 0 Å². The van der Waals surface area contributed by atoms with Crippen LogP contribution in [0.15, 0.2) is 6.07 Å². The number of aromatic nitrogens is 2. The maximum absolute atomic E-state index is 5.75. The first-order valence-corrected chi connectivity index (χ1v) is 4.55. The lowest BCUT2D eigenvalue weighted by molar-refractivity contribution is 0.550. The monoisotopic (exact) mass is 165 g/mol. The van der Waals surface area contributed by atoms with E-state index in [0.29, 0.717) is 0 Å². The van der Waals surface area contributed by atoms with Crippen LogP contribution in [0.3, 0.4) is 0 Å². The summed E-state index contributed by atoms with van der Waals surface area (Å²) in [6, 6.07) is 1.92. The van der Waals surface area contributed by atoms with E-state index in [9.17, 15) is 0 Å². The molecule has 12 heavy (non-hydrogen) atoms. The Kier molecular flexibility index (Phi) is 1.79. The normalized spacial score (nSPS) is 16.8. The molecule has 1 aromatic heterocycles. The van der Waals surface area contributed by atoms with Crippen LogP contribution in [0.1, 0.15) is 25.0 Å². The van der Waals surface area contributed by atoms with Crippen LogP contribution in [0, 0.1) is 12.8 Å². The summed E-state index contributed by atoms with van der Waals surface area (Å²) >= 11 is 0. The van der Waals surface area contributed by atoms with Gasteiger partial charge in [-0.25, -0.2) is 4.68 Å². The fraction of sp³-hybridized carbons (Fsp3) is 0.667. The van der Waals surface area contributed by atoms with Crippen molar-refractivity contribution in [2.45, 2.75) is 32.7 Å². The summed E-state index contributed by atoms with van der Waals surface area (Å²) in [6.45, 7) is 2.97. The van der Waals surface area contributed by atoms with Crippen LogP contribution >= 0.6 is 0 Å². The summed E-state index contributed by atoms with van der Waals surface area (Å²) in [5.74, 6) is 1.75. The zero-order valence-electron chi connectivity index (χ0n) is 7.45. The van der Waals surface area contributed by atoms with Gasteiger partial charge in [0.15, 0.2) is 0 Å². The molecule has 0 unspecified atom stereocenters. The van der Waals surface area contributed by atoms with E-state index >= 15 is 0 Å². The van der Waals surface area contributed by atoms with Crippen LogP contribution in [-0.4, -0.2) is 9.78 Å². The van der Waals surface area contributed by atoms with Gasteiger partial charge in [0.2, 0.25) is 0 Å². The number of nitrogens with two attached hydrogens (primary N) is 1. The molecule has 3 nitrogen and oxygen atoms in total. The van der Waals surface area contributed by atoms with Gasteiger partial charge in [0.1, 0.15) is 5.82 Å². The van der Waals surface area contributed by atoms with Crippen LogP contribution in [0.5, 0.6) is 0 Å². The van der Waals surface area contributed by atoms with E-state index in [1.54, 1.807) is 0 Å². The highest BCUT2D eigenvalue weighted by Crippen LogP contribution is 2.32. The van der Waals surface area contributed by atoms with Gasteiger partial charge in [0.05, 0.1) is 5.69 Å². The molecule has 3 heteroatoms. The second kappa shape index (κ2) is 2.81. The molecule has 1 saturated carbocycles. The molecule has 0 spiro atoms. The first-order chi connectivity index (χ1) is 5.75. The van der Waals surface area contributed by atoms with E-state index in [4.69, 9.17) is 5.73 Å². The van der Waals surface area contributed by atoms with Crippen LogP contribution in [0.25, 0.3) is 0 Å². The number of anilines is 1. The Morgan fingerprint density at radius 3 is 2.92 bits per heavy atom. The lowest BCUT2D eigenvalue weighted by atomic mass is 10.3. The first kappa shape index (κ1) is 7.65. The van der Waals surface area contributed by atoms with Crippen LogP contribution in [0.4, 0.5) is 5.82 Å². The van der Waals surface area contributed by atoms with Gasteiger partial charge >= 0.3 is 0 Å². The fourth-order valence-electron chi connectivity index (χ4n) is 1.46. The maximum atomic E-state index is 5.75. The Morgan fingerprint density at radius 2 is 2.42 bits per heavy atom. The third-order valence-electron chi connectivity index (χ3n) is 2.38. The highest BCUT2D eigenvalue weighted by atomic mass is 15.3. The lowest BCUT2D eigenvalue weighted by Crippen LogP contribution is -2.05. The van der Waals surface area contributed by atoms with Crippen molar-refractivity contribution in [2.24, 2.45) is 5.92 Å². The van der Waals surface area contributed by atoms with Gasteiger partial charge in [-0.05, 0) is 19.3 Å². The predicted octanol–water partition coefficient (Wildman–Crippen LogP) is 1.57. The average molecular weight is 165 g/mol. The summed E-state index contributed by atoms with van der Waals surface area (Å²) in [6.07, 6.45) is 4.05. The lowest BCUT2D eigenvalue weighted by Gasteiger charge is -2.01. The Labute approximate surface area is 72.6 Å².